The summed E-state index contributed by atoms with van der Waals surface area (Å²) in [5.74, 6) is 0.340. The van der Waals surface area contributed by atoms with Crippen LogP contribution in [0.5, 0.6) is 0 Å². The fraction of sp³-hybridized carbons (Fsp3) is 0.176. The Balaban J connectivity index is 1.85. The van der Waals surface area contributed by atoms with E-state index in [1.54, 1.807) is 18.2 Å². The largest absolute Gasteiger partial charge is 0.237 e. The Morgan fingerprint density at radius 3 is 2.65 bits per heavy atom. The van der Waals surface area contributed by atoms with E-state index in [1.807, 2.05) is 30.3 Å². The summed E-state index contributed by atoms with van der Waals surface area (Å²) >= 11 is 1.51. The zero-order chi connectivity index (χ0) is 16.3. The molecule has 0 bridgehead atoms. The monoisotopic (exact) mass is 349 g/mol. The minimum atomic E-state index is -3.56. The second-order valence-electron chi connectivity index (χ2n) is 5.15. The molecule has 1 heterocycles. The van der Waals surface area contributed by atoms with Gasteiger partial charge in [-0.3, -0.25) is 0 Å². The summed E-state index contributed by atoms with van der Waals surface area (Å²) in [5.41, 5.74) is 1.49. The van der Waals surface area contributed by atoms with Crippen LogP contribution in [-0.4, -0.2) is 25.0 Å². The van der Waals surface area contributed by atoms with Gasteiger partial charge in [0.25, 0.3) is 0 Å². The van der Waals surface area contributed by atoms with Gasteiger partial charge in [-0.2, -0.15) is 4.31 Å². The third-order valence-corrected chi connectivity index (χ3v) is 6.46. The van der Waals surface area contributed by atoms with Gasteiger partial charge < -0.3 is 0 Å². The first-order chi connectivity index (χ1) is 11.1. The lowest BCUT2D eigenvalue weighted by Gasteiger charge is -2.21. The minimum absolute atomic E-state index is 0.354. The van der Waals surface area contributed by atoms with Crippen molar-refractivity contribution in [3.8, 4) is 0 Å². The molecule has 0 amide bonds. The highest BCUT2D eigenvalue weighted by Crippen LogP contribution is 2.40. The Kier molecular flexibility index (Phi) is 4.84. The lowest BCUT2D eigenvalue weighted by atomic mass is 10.2. The summed E-state index contributed by atoms with van der Waals surface area (Å²) < 4.78 is 40.1. The zero-order valence-corrected chi connectivity index (χ0v) is 13.9. The van der Waals surface area contributed by atoms with Gasteiger partial charge in [-0.15, -0.1) is 11.8 Å². The molecule has 1 aliphatic heterocycles. The molecule has 0 aliphatic carbocycles. The predicted molar refractivity (Wildman–Crippen MR) is 92.7 cm³/mol. The number of nitrogens with zero attached hydrogens (tertiary/aromatic N) is 1. The van der Waals surface area contributed by atoms with Gasteiger partial charge >= 0.3 is 0 Å². The standard InChI is InChI=1S/C17H16FNO2S2/c18-16-8-4-7-15(13-16)17-19(10-11-22-17)23(20,21)12-9-14-5-2-1-3-6-14/h1-9,12-13,17H,10-11H2/b12-9+/t17-/m1/s1. The van der Waals surface area contributed by atoms with Gasteiger partial charge in [-0.25, -0.2) is 12.8 Å². The van der Waals surface area contributed by atoms with Gasteiger partial charge in [0.2, 0.25) is 10.0 Å². The van der Waals surface area contributed by atoms with Crippen LogP contribution in [0.4, 0.5) is 4.39 Å². The lowest BCUT2D eigenvalue weighted by Crippen LogP contribution is -2.28. The summed E-state index contributed by atoms with van der Waals surface area (Å²) in [5, 5.41) is 0.844. The quantitative estimate of drug-likeness (QED) is 0.841. The maximum atomic E-state index is 13.4. The van der Waals surface area contributed by atoms with E-state index in [0.717, 1.165) is 5.56 Å². The van der Waals surface area contributed by atoms with E-state index in [9.17, 15) is 12.8 Å². The molecule has 0 aromatic heterocycles. The second-order valence-corrected chi connectivity index (χ2v) is 8.11. The zero-order valence-electron chi connectivity index (χ0n) is 12.3. The van der Waals surface area contributed by atoms with E-state index < -0.39 is 10.0 Å². The highest BCUT2D eigenvalue weighted by molar-refractivity contribution is 8.01. The Bertz CT molecular complexity index is 806. The number of hydrogen-bond donors (Lipinski definition) is 0. The lowest BCUT2D eigenvalue weighted by molar-refractivity contribution is 0.440. The Labute approximate surface area is 139 Å². The summed E-state index contributed by atoms with van der Waals surface area (Å²) in [4.78, 5) is 0. The molecule has 120 valence electrons. The number of benzene rings is 2. The van der Waals surface area contributed by atoms with Crippen LogP contribution in [0.15, 0.2) is 60.0 Å². The Morgan fingerprint density at radius 1 is 1.13 bits per heavy atom. The summed E-state index contributed by atoms with van der Waals surface area (Å²) in [6.07, 6.45) is 1.58. The van der Waals surface area contributed by atoms with Crippen molar-refractivity contribution in [1.82, 2.24) is 4.31 Å². The third-order valence-electron chi connectivity index (χ3n) is 3.54. The van der Waals surface area contributed by atoms with E-state index in [1.165, 1.54) is 33.6 Å². The van der Waals surface area contributed by atoms with Crippen LogP contribution in [0.2, 0.25) is 0 Å². The maximum absolute atomic E-state index is 13.4. The highest BCUT2D eigenvalue weighted by atomic mass is 32.2. The minimum Gasteiger partial charge on any atom is -0.207 e. The van der Waals surface area contributed by atoms with Crippen LogP contribution >= 0.6 is 11.8 Å². The molecule has 0 unspecified atom stereocenters. The van der Waals surface area contributed by atoms with Crippen LogP contribution in [0.1, 0.15) is 16.5 Å². The molecular weight excluding hydrogens is 333 g/mol. The van der Waals surface area contributed by atoms with Crippen molar-refractivity contribution in [2.45, 2.75) is 5.37 Å². The average molecular weight is 349 g/mol. The topological polar surface area (TPSA) is 37.4 Å². The van der Waals surface area contributed by atoms with Crippen molar-refractivity contribution in [3.05, 3.63) is 76.9 Å². The molecule has 2 aromatic carbocycles. The number of halogens is 1. The van der Waals surface area contributed by atoms with Crippen molar-refractivity contribution in [2.24, 2.45) is 0 Å². The van der Waals surface area contributed by atoms with Gasteiger partial charge in [0.15, 0.2) is 0 Å². The first-order valence-corrected chi connectivity index (χ1v) is 9.73. The summed E-state index contributed by atoms with van der Waals surface area (Å²) in [6, 6.07) is 15.4. The molecule has 3 rings (SSSR count). The first kappa shape index (κ1) is 16.2. The van der Waals surface area contributed by atoms with E-state index in [2.05, 4.69) is 0 Å². The fourth-order valence-electron chi connectivity index (χ4n) is 2.44. The number of rotatable bonds is 4. The molecular formula is C17H16FNO2S2. The van der Waals surface area contributed by atoms with Crippen molar-refractivity contribution in [3.63, 3.8) is 0 Å². The van der Waals surface area contributed by atoms with Crippen LogP contribution in [0, 0.1) is 5.82 Å². The first-order valence-electron chi connectivity index (χ1n) is 7.18. The third kappa shape index (κ3) is 3.83. The van der Waals surface area contributed by atoms with Gasteiger partial charge in [-0.05, 0) is 29.3 Å². The normalized spacial score (nSPS) is 19.4. The van der Waals surface area contributed by atoms with E-state index >= 15 is 0 Å². The van der Waals surface area contributed by atoms with Gasteiger partial charge in [0, 0.05) is 17.7 Å². The molecule has 0 N–H and O–H groups in total. The molecule has 0 spiro atoms. The van der Waals surface area contributed by atoms with Gasteiger partial charge in [-0.1, -0.05) is 42.5 Å². The molecule has 1 atom stereocenters. The molecule has 0 radical (unpaired) electrons. The Hall–Kier alpha value is -1.63. The smallest absolute Gasteiger partial charge is 0.207 e. The van der Waals surface area contributed by atoms with Crippen LogP contribution in [-0.2, 0) is 10.0 Å². The molecule has 0 saturated carbocycles. The van der Waals surface area contributed by atoms with Crippen LogP contribution in [0.25, 0.3) is 6.08 Å². The Morgan fingerprint density at radius 2 is 1.91 bits per heavy atom. The average Bonchev–Trinajstić information content (AvgIpc) is 3.05. The highest BCUT2D eigenvalue weighted by Gasteiger charge is 2.34. The van der Waals surface area contributed by atoms with Crippen LogP contribution < -0.4 is 0 Å². The SMILES string of the molecule is O=S(=O)(/C=C/c1ccccc1)N1CCS[C@@H]1c1cccc(F)c1. The van der Waals surface area contributed by atoms with Crippen LogP contribution in [0.3, 0.4) is 0 Å². The van der Waals surface area contributed by atoms with Crippen molar-refractivity contribution in [2.75, 3.05) is 12.3 Å². The van der Waals surface area contributed by atoms with E-state index in [0.29, 0.717) is 17.9 Å². The summed E-state index contributed by atoms with van der Waals surface area (Å²) in [7, 11) is -3.56. The van der Waals surface area contributed by atoms with Crippen molar-refractivity contribution < 1.29 is 12.8 Å². The molecule has 3 nitrogen and oxygen atoms in total. The maximum Gasteiger partial charge on any atom is 0.237 e. The molecule has 1 fully saturated rings. The molecule has 2 aromatic rings. The molecule has 6 heteroatoms. The molecule has 1 aliphatic rings. The molecule has 1 saturated heterocycles. The number of thioether (sulfide) groups is 1. The number of hydrogen-bond acceptors (Lipinski definition) is 3. The predicted octanol–water partition coefficient (Wildman–Crippen LogP) is 3.87. The second kappa shape index (κ2) is 6.86. The van der Waals surface area contributed by atoms with Gasteiger partial charge in [0.05, 0.1) is 5.37 Å². The van der Waals surface area contributed by atoms with Crippen molar-refractivity contribution in [1.29, 1.82) is 0 Å². The molecule has 23 heavy (non-hydrogen) atoms. The summed E-state index contributed by atoms with van der Waals surface area (Å²) in [6.45, 7) is 0.424. The van der Waals surface area contributed by atoms with Gasteiger partial charge in [0.1, 0.15) is 5.82 Å². The fourth-order valence-corrected chi connectivity index (χ4v) is 5.46. The van der Waals surface area contributed by atoms with Crippen molar-refractivity contribution >= 4 is 27.9 Å². The number of sulfonamides is 1. The van der Waals surface area contributed by atoms with E-state index in [4.69, 9.17) is 0 Å². The van der Waals surface area contributed by atoms with E-state index in [-0.39, 0.29) is 11.2 Å².